The Morgan fingerprint density at radius 3 is 2.45 bits per heavy atom. The highest BCUT2D eigenvalue weighted by Crippen LogP contribution is 2.29. The van der Waals surface area contributed by atoms with Crippen LogP contribution in [-0.4, -0.2) is 38.3 Å². The van der Waals surface area contributed by atoms with Crippen molar-refractivity contribution in [3.05, 3.63) is 59.7 Å². The fourth-order valence-electron chi connectivity index (χ4n) is 2.39. The van der Waals surface area contributed by atoms with Crippen molar-refractivity contribution in [3.63, 3.8) is 0 Å². The van der Waals surface area contributed by atoms with E-state index in [4.69, 9.17) is 4.74 Å². The summed E-state index contributed by atoms with van der Waals surface area (Å²) in [6, 6.07) is 9.55. The number of carbonyl (C=O) groups excluding carboxylic acids is 2. The number of rotatable bonds is 8. The van der Waals surface area contributed by atoms with Crippen LogP contribution in [0.5, 0.6) is 11.5 Å². The van der Waals surface area contributed by atoms with Crippen LogP contribution >= 0.6 is 0 Å². The maximum atomic E-state index is 12.4. The molecule has 0 bridgehead atoms. The first-order valence-corrected chi connectivity index (χ1v) is 8.65. The molecule has 0 fully saturated rings. The molecule has 0 atom stereocenters. The van der Waals surface area contributed by atoms with Crippen molar-refractivity contribution in [2.45, 2.75) is 12.8 Å². The number of halogens is 5. The average Bonchev–Trinajstić information content (AvgIpc) is 2.70. The molecule has 0 heterocycles. The molecular formula is C20H17F5N2O4. The van der Waals surface area contributed by atoms with Crippen LogP contribution in [0.1, 0.15) is 15.9 Å². The highest BCUT2D eigenvalue weighted by molar-refractivity contribution is 6.07. The predicted octanol–water partition coefficient (Wildman–Crippen LogP) is 4.24. The third-order valence-electron chi connectivity index (χ3n) is 3.71. The first kappa shape index (κ1) is 23.6. The summed E-state index contributed by atoms with van der Waals surface area (Å²) < 4.78 is 70.9. The monoisotopic (exact) mass is 444 g/mol. The minimum absolute atomic E-state index is 0.00934. The number of anilines is 1. The van der Waals surface area contributed by atoms with Gasteiger partial charge < -0.3 is 20.1 Å². The van der Waals surface area contributed by atoms with Gasteiger partial charge in [0.2, 0.25) is 5.91 Å². The first-order valence-electron chi connectivity index (χ1n) is 8.65. The predicted molar refractivity (Wildman–Crippen MR) is 102 cm³/mol. The summed E-state index contributed by atoms with van der Waals surface area (Å²) in [6.07, 6.45) is -2.14. The van der Waals surface area contributed by atoms with Gasteiger partial charge in [-0.3, -0.25) is 9.59 Å². The number of hydrogen-bond donors (Lipinski definition) is 2. The third kappa shape index (κ3) is 7.61. The van der Waals surface area contributed by atoms with Crippen molar-refractivity contribution >= 4 is 23.6 Å². The molecule has 0 aliphatic rings. The van der Waals surface area contributed by atoms with E-state index in [1.54, 1.807) is 5.32 Å². The van der Waals surface area contributed by atoms with E-state index in [9.17, 15) is 31.5 Å². The molecule has 166 valence electrons. The normalized spacial score (nSPS) is 11.5. The molecule has 0 aromatic heterocycles. The zero-order chi connectivity index (χ0) is 23.0. The highest BCUT2D eigenvalue weighted by atomic mass is 19.4. The summed E-state index contributed by atoms with van der Waals surface area (Å²) in [7, 11) is 1.26. The van der Waals surface area contributed by atoms with Gasteiger partial charge in [0.05, 0.1) is 18.4 Å². The van der Waals surface area contributed by atoms with Crippen LogP contribution in [0.25, 0.3) is 6.08 Å². The van der Waals surface area contributed by atoms with Crippen molar-refractivity contribution in [3.8, 4) is 11.5 Å². The number of benzene rings is 2. The number of amides is 2. The van der Waals surface area contributed by atoms with Gasteiger partial charge in [-0.25, -0.2) is 0 Å². The molecule has 0 saturated heterocycles. The summed E-state index contributed by atoms with van der Waals surface area (Å²) in [6.45, 7) is -4.55. The lowest BCUT2D eigenvalue weighted by Gasteiger charge is -2.12. The van der Waals surface area contributed by atoms with Gasteiger partial charge in [-0.1, -0.05) is 18.2 Å². The van der Waals surface area contributed by atoms with Crippen molar-refractivity contribution < 1.29 is 41.0 Å². The molecule has 0 radical (unpaired) electrons. The van der Waals surface area contributed by atoms with E-state index in [0.717, 1.165) is 6.08 Å². The first-order chi connectivity index (χ1) is 14.6. The second-order valence-electron chi connectivity index (χ2n) is 5.95. The quantitative estimate of drug-likeness (QED) is 0.472. The highest BCUT2D eigenvalue weighted by Gasteiger charge is 2.28. The van der Waals surface area contributed by atoms with E-state index in [2.05, 4.69) is 10.1 Å². The Bertz CT molecular complexity index is 961. The standard InChI is InChI=1S/C20H17F5N2O4/c1-30-16-10-12(6-8-15(16)31-19(21)22)7-9-17(28)27-14-5-3-2-4-13(14)18(29)26-11-20(23,24)25/h2-10,19H,11H2,1H3,(H,26,29)(H,27,28)/b9-7+. The van der Waals surface area contributed by atoms with E-state index in [1.807, 2.05) is 0 Å². The van der Waals surface area contributed by atoms with E-state index in [1.165, 1.54) is 55.7 Å². The molecule has 0 unspecified atom stereocenters. The van der Waals surface area contributed by atoms with Crippen molar-refractivity contribution in [2.24, 2.45) is 0 Å². The fraction of sp³-hybridized carbons (Fsp3) is 0.200. The Morgan fingerprint density at radius 2 is 1.81 bits per heavy atom. The van der Waals surface area contributed by atoms with Gasteiger partial charge in [-0.05, 0) is 35.9 Å². The van der Waals surface area contributed by atoms with E-state index >= 15 is 0 Å². The van der Waals surface area contributed by atoms with E-state index < -0.39 is 31.1 Å². The molecular weight excluding hydrogens is 427 g/mol. The molecule has 2 rings (SSSR count). The molecule has 0 aliphatic carbocycles. The smallest absolute Gasteiger partial charge is 0.405 e. The second kappa shape index (κ2) is 10.4. The molecule has 2 aromatic carbocycles. The second-order valence-corrected chi connectivity index (χ2v) is 5.95. The Hall–Kier alpha value is -3.63. The lowest BCUT2D eigenvalue weighted by Crippen LogP contribution is -2.34. The lowest BCUT2D eigenvalue weighted by atomic mass is 10.1. The Balaban J connectivity index is 2.09. The molecule has 2 aromatic rings. The fourth-order valence-corrected chi connectivity index (χ4v) is 2.39. The molecule has 2 amide bonds. The maximum absolute atomic E-state index is 12.4. The third-order valence-corrected chi connectivity index (χ3v) is 3.71. The van der Waals surface area contributed by atoms with Gasteiger partial charge in [0.15, 0.2) is 11.5 Å². The van der Waals surface area contributed by atoms with Gasteiger partial charge in [0, 0.05) is 6.08 Å². The number of alkyl halides is 5. The average molecular weight is 444 g/mol. The zero-order valence-electron chi connectivity index (χ0n) is 16.0. The van der Waals surface area contributed by atoms with Gasteiger partial charge in [-0.15, -0.1) is 0 Å². The van der Waals surface area contributed by atoms with Crippen LogP contribution < -0.4 is 20.1 Å². The van der Waals surface area contributed by atoms with Crippen LogP contribution in [0.3, 0.4) is 0 Å². The minimum Gasteiger partial charge on any atom is -0.493 e. The minimum atomic E-state index is -4.58. The molecule has 6 nitrogen and oxygen atoms in total. The number of nitrogens with one attached hydrogen (secondary N) is 2. The molecule has 31 heavy (non-hydrogen) atoms. The number of methoxy groups -OCH3 is 1. The van der Waals surface area contributed by atoms with Crippen LogP contribution in [0.2, 0.25) is 0 Å². The van der Waals surface area contributed by atoms with Crippen molar-refractivity contribution in [1.29, 1.82) is 0 Å². The molecule has 11 heteroatoms. The summed E-state index contributed by atoms with van der Waals surface area (Å²) >= 11 is 0. The summed E-state index contributed by atoms with van der Waals surface area (Å²) in [5.41, 5.74) is 0.281. The maximum Gasteiger partial charge on any atom is 0.405 e. The number of para-hydroxylation sites is 1. The topological polar surface area (TPSA) is 76.7 Å². The summed E-state index contributed by atoms with van der Waals surface area (Å²) in [5.74, 6) is -1.84. The largest absolute Gasteiger partial charge is 0.493 e. The zero-order valence-corrected chi connectivity index (χ0v) is 16.0. The van der Waals surface area contributed by atoms with E-state index in [-0.39, 0.29) is 22.7 Å². The van der Waals surface area contributed by atoms with E-state index in [0.29, 0.717) is 5.56 Å². The SMILES string of the molecule is COc1cc(/C=C/C(=O)Nc2ccccc2C(=O)NCC(F)(F)F)ccc1OC(F)F. The summed E-state index contributed by atoms with van der Waals surface area (Å²) in [5, 5.41) is 4.13. The number of hydrogen-bond acceptors (Lipinski definition) is 4. The Kier molecular flexibility index (Phi) is 7.94. The lowest BCUT2D eigenvalue weighted by molar-refractivity contribution is -0.123. The van der Waals surface area contributed by atoms with Crippen LogP contribution in [0.15, 0.2) is 48.5 Å². The van der Waals surface area contributed by atoms with Gasteiger partial charge >= 0.3 is 12.8 Å². The molecule has 2 N–H and O–H groups in total. The van der Waals surface area contributed by atoms with Gasteiger partial charge in [0.25, 0.3) is 5.91 Å². The van der Waals surface area contributed by atoms with Gasteiger partial charge in [-0.2, -0.15) is 22.0 Å². The van der Waals surface area contributed by atoms with Crippen LogP contribution in [0, 0.1) is 0 Å². The Morgan fingerprint density at radius 1 is 1.10 bits per heavy atom. The van der Waals surface area contributed by atoms with Crippen molar-refractivity contribution in [2.75, 3.05) is 19.0 Å². The molecule has 0 spiro atoms. The number of carbonyl (C=O) groups is 2. The number of ether oxygens (including phenoxy) is 2. The Labute approximate surface area is 173 Å². The summed E-state index contributed by atoms with van der Waals surface area (Å²) in [4.78, 5) is 24.2. The van der Waals surface area contributed by atoms with Crippen LogP contribution in [-0.2, 0) is 4.79 Å². The van der Waals surface area contributed by atoms with Crippen LogP contribution in [0.4, 0.5) is 27.6 Å². The molecule has 0 aliphatic heterocycles. The van der Waals surface area contributed by atoms with Gasteiger partial charge in [0.1, 0.15) is 6.54 Å². The molecule has 0 saturated carbocycles. The van der Waals surface area contributed by atoms with Crippen molar-refractivity contribution in [1.82, 2.24) is 5.32 Å².